The zero-order valence-corrected chi connectivity index (χ0v) is 30.8. The second-order valence-electron chi connectivity index (χ2n) is 13.7. The number of rotatable bonds is 19. The summed E-state index contributed by atoms with van der Waals surface area (Å²) in [5, 5.41) is 0. The van der Waals surface area contributed by atoms with Gasteiger partial charge in [-0.3, -0.25) is 4.79 Å². The standard InChI is InChI=1S/C46H47NO7/c1-2-47(45(48)37-13-9-33(10-14-37)35-17-23-40(24-18-35)50-29-5-3-7-43-31-52-43)39-21-27-42(28-22-39)54-46(49)38-15-11-34(12-16-38)36-19-25-41(26-20-36)51-30-6-4-8-44-32-53-44/h9-28,43-44H,2-8,29-32H2,1H3. The Kier molecular flexibility index (Phi) is 12.3. The first kappa shape index (κ1) is 36.9. The monoisotopic (exact) mass is 725 g/mol. The van der Waals surface area contributed by atoms with Crippen molar-refractivity contribution in [3.8, 4) is 39.5 Å². The molecule has 0 radical (unpaired) electrons. The maximum absolute atomic E-state index is 13.5. The molecule has 2 heterocycles. The number of anilines is 1. The molecule has 2 unspecified atom stereocenters. The first-order valence-corrected chi connectivity index (χ1v) is 19.1. The van der Waals surface area contributed by atoms with Crippen molar-refractivity contribution < 1.29 is 33.3 Å². The fourth-order valence-electron chi connectivity index (χ4n) is 6.35. The van der Waals surface area contributed by atoms with E-state index >= 15 is 0 Å². The topological polar surface area (TPSA) is 90.1 Å². The molecule has 2 aliphatic heterocycles. The number of hydrogen-bond donors (Lipinski definition) is 0. The Bertz CT molecular complexity index is 1950. The van der Waals surface area contributed by atoms with Crippen LogP contribution in [-0.2, 0) is 9.47 Å². The smallest absolute Gasteiger partial charge is 0.343 e. The summed E-state index contributed by atoms with van der Waals surface area (Å²) in [6, 6.07) is 38.0. The van der Waals surface area contributed by atoms with Crippen molar-refractivity contribution in [1.82, 2.24) is 0 Å². The molecule has 54 heavy (non-hydrogen) atoms. The molecule has 2 fully saturated rings. The van der Waals surface area contributed by atoms with E-state index in [0.29, 0.717) is 54.5 Å². The highest BCUT2D eigenvalue weighted by Gasteiger charge is 2.22. The third kappa shape index (κ3) is 10.4. The second kappa shape index (κ2) is 18.1. The Balaban J connectivity index is 0.878. The molecule has 5 aromatic carbocycles. The van der Waals surface area contributed by atoms with Crippen molar-refractivity contribution in [2.75, 3.05) is 37.9 Å². The summed E-state index contributed by atoms with van der Waals surface area (Å²) in [5.74, 6) is 1.54. The molecule has 8 nitrogen and oxygen atoms in total. The van der Waals surface area contributed by atoms with Gasteiger partial charge in [-0.1, -0.05) is 48.5 Å². The summed E-state index contributed by atoms with van der Waals surface area (Å²) in [7, 11) is 0. The minimum absolute atomic E-state index is 0.108. The lowest BCUT2D eigenvalue weighted by atomic mass is 10.0. The molecule has 0 aliphatic carbocycles. The van der Waals surface area contributed by atoms with Gasteiger partial charge < -0.3 is 28.6 Å². The Morgan fingerprint density at radius 1 is 0.556 bits per heavy atom. The van der Waals surface area contributed by atoms with E-state index < -0.39 is 5.97 Å². The molecule has 2 saturated heterocycles. The lowest BCUT2D eigenvalue weighted by Crippen LogP contribution is -2.30. The highest BCUT2D eigenvalue weighted by atomic mass is 16.6. The summed E-state index contributed by atoms with van der Waals surface area (Å²) >= 11 is 0. The maximum atomic E-state index is 13.5. The summed E-state index contributed by atoms with van der Waals surface area (Å²) < 4.78 is 28.0. The van der Waals surface area contributed by atoms with Crippen LogP contribution in [0.3, 0.4) is 0 Å². The number of esters is 1. The van der Waals surface area contributed by atoms with Gasteiger partial charge in [-0.25, -0.2) is 4.79 Å². The highest BCUT2D eigenvalue weighted by molar-refractivity contribution is 6.06. The van der Waals surface area contributed by atoms with Crippen LogP contribution in [0.1, 0.15) is 66.2 Å². The van der Waals surface area contributed by atoms with Gasteiger partial charge in [0.25, 0.3) is 5.91 Å². The van der Waals surface area contributed by atoms with Crippen LogP contribution in [-0.4, -0.2) is 57.1 Å². The fraction of sp³-hybridized carbons (Fsp3) is 0.304. The number of epoxide rings is 2. The molecule has 0 N–H and O–H groups in total. The number of carbonyl (C=O) groups is 2. The molecule has 0 bridgehead atoms. The molecule has 278 valence electrons. The van der Waals surface area contributed by atoms with Gasteiger partial charge in [-0.05, 0) is 140 Å². The third-order valence-corrected chi connectivity index (χ3v) is 9.73. The van der Waals surface area contributed by atoms with E-state index in [1.807, 2.05) is 91.9 Å². The van der Waals surface area contributed by atoms with Crippen LogP contribution in [0.15, 0.2) is 121 Å². The lowest BCUT2D eigenvalue weighted by Gasteiger charge is -2.21. The van der Waals surface area contributed by atoms with Gasteiger partial charge in [-0.15, -0.1) is 0 Å². The van der Waals surface area contributed by atoms with Crippen molar-refractivity contribution in [3.63, 3.8) is 0 Å². The fourth-order valence-corrected chi connectivity index (χ4v) is 6.35. The Hall–Kier alpha value is -5.44. The predicted molar refractivity (Wildman–Crippen MR) is 211 cm³/mol. The van der Waals surface area contributed by atoms with Crippen molar-refractivity contribution in [2.24, 2.45) is 0 Å². The Labute approximate surface area is 317 Å². The molecule has 0 saturated carbocycles. The Morgan fingerprint density at radius 2 is 0.963 bits per heavy atom. The van der Waals surface area contributed by atoms with Crippen LogP contribution in [0.2, 0.25) is 0 Å². The van der Waals surface area contributed by atoms with Gasteiger partial charge in [0.15, 0.2) is 0 Å². The van der Waals surface area contributed by atoms with E-state index in [-0.39, 0.29) is 5.91 Å². The van der Waals surface area contributed by atoms with Crippen LogP contribution in [0.25, 0.3) is 22.3 Å². The zero-order chi connectivity index (χ0) is 37.1. The summed E-state index contributed by atoms with van der Waals surface area (Å²) in [6.45, 7) is 5.63. The van der Waals surface area contributed by atoms with Crippen molar-refractivity contribution >= 4 is 17.6 Å². The average Bonchev–Trinajstić information content (AvgIpc) is 4.17. The molecular formula is C46H47NO7. The van der Waals surface area contributed by atoms with Gasteiger partial charge >= 0.3 is 5.97 Å². The summed E-state index contributed by atoms with van der Waals surface area (Å²) in [6.07, 6.45) is 7.44. The summed E-state index contributed by atoms with van der Waals surface area (Å²) in [5.41, 5.74) is 5.85. The minimum atomic E-state index is -0.452. The van der Waals surface area contributed by atoms with Crippen LogP contribution in [0, 0.1) is 0 Å². The predicted octanol–water partition coefficient (Wildman–Crippen LogP) is 9.80. The number of benzene rings is 5. The highest BCUT2D eigenvalue weighted by Crippen LogP contribution is 2.27. The van der Waals surface area contributed by atoms with Crippen molar-refractivity contribution in [3.05, 3.63) is 132 Å². The van der Waals surface area contributed by atoms with Crippen LogP contribution < -0.4 is 19.1 Å². The molecule has 7 rings (SSSR count). The molecule has 5 aromatic rings. The molecular weight excluding hydrogens is 679 g/mol. The van der Waals surface area contributed by atoms with Gasteiger partial charge in [0, 0.05) is 17.8 Å². The number of carbonyl (C=O) groups excluding carboxylic acids is 2. The zero-order valence-electron chi connectivity index (χ0n) is 30.8. The van der Waals surface area contributed by atoms with E-state index in [1.165, 1.54) is 0 Å². The van der Waals surface area contributed by atoms with E-state index in [9.17, 15) is 9.59 Å². The van der Waals surface area contributed by atoms with Gasteiger partial charge in [0.1, 0.15) is 17.2 Å². The normalized spacial score (nSPS) is 15.6. The second-order valence-corrected chi connectivity index (χ2v) is 13.7. The molecule has 1 amide bonds. The van der Waals surface area contributed by atoms with Crippen LogP contribution >= 0.6 is 0 Å². The van der Waals surface area contributed by atoms with E-state index in [2.05, 4.69) is 0 Å². The molecule has 8 heteroatoms. The number of unbranched alkanes of at least 4 members (excludes halogenated alkanes) is 2. The lowest BCUT2D eigenvalue weighted by molar-refractivity contribution is 0.0734. The third-order valence-electron chi connectivity index (χ3n) is 9.73. The quantitative estimate of drug-likeness (QED) is 0.0362. The average molecular weight is 726 g/mol. The number of ether oxygens (including phenoxy) is 5. The van der Waals surface area contributed by atoms with E-state index in [4.69, 9.17) is 23.7 Å². The molecule has 0 aromatic heterocycles. The van der Waals surface area contributed by atoms with Crippen LogP contribution in [0.5, 0.6) is 17.2 Å². The number of hydrogen-bond acceptors (Lipinski definition) is 7. The first-order valence-electron chi connectivity index (χ1n) is 19.1. The molecule has 2 atom stereocenters. The number of amides is 1. The first-order chi connectivity index (χ1) is 26.5. The van der Waals surface area contributed by atoms with Crippen LogP contribution in [0.4, 0.5) is 5.69 Å². The van der Waals surface area contributed by atoms with Gasteiger partial charge in [0.05, 0.1) is 44.2 Å². The van der Waals surface area contributed by atoms with Gasteiger partial charge in [0.2, 0.25) is 0 Å². The maximum Gasteiger partial charge on any atom is 0.343 e. The largest absolute Gasteiger partial charge is 0.494 e. The SMILES string of the molecule is CCN(C(=O)c1ccc(-c2ccc(OCCCCC3CO3)cc2)cc1)c1ccc(OC(=O)c2ccc(-c3ccc(OCCCCC4CO4)cc3)cc2)cc1. The Morgan fingerprint density at radius 3 is 1.39 bits per heavy atom. The van der Waals surface area contributed by atoms with E-state index in [1.54, 1.807) is 41.3 Å². The van der Waals surface area contributed by atoms with Crippen molar-refractivity contribution in [1.29, 1.82) is 0 Å². The summed E-state index contributed by atoms with van der Waals surface area (Å²) in [4.78, 5) is 28.2. The molecule has 2 aliphatic rings. The van der Waals surface area contributed by atoms with Crippen molar-refractivity contribution in [2.45, 2.75) is 57.7 Å². The minimum Gasteiger partial charge on any atom is -0.494 e. The molecule has 0 spiro atoms. The van der Waals surface area contributed by atoms with E-state index in [0.717, 1.165) is 85.5 Å². The van der Waals surface area contributed by atoms with Gasteiger partial charge in [-0.2, -0.15) is 0 Å². The number of nitrogens with zero attached hydrogens (tertiary/aromatic N) is 1.